The molecule has 0 saturated carbocycles. The highest BCUT2D eigenvalue weighted by molar-refractivity contribution is 9.10. The van der Waals surface area contributed by atoms with Crippen molar-refractivity contribution >= 4 is 32.6 Å². The van der Waals surface area contributed by atoms with Gasteiger partial charge in [0.1, 0.15) is 11.3 Å². The molecule has 3 heteroatoms. The first-order chi connectivity index (χ1) is 10.2. The van der Waals surface area contributed by atoms with Crippen LogP contribution in [0.4, 0.5) is 5.69 Å². The molecule has 0 aliphatic rings. The largest absolute Gasteiger partial charge is 0.459 e. The Kier molecular flexibility index (Phi) is 4.02. The number of anilines is 1. The van der Waals surface area contributed by atoms with Gasteiger partial charge in [-0.05, 0) is 49.2 Å². The van der Waals surface area contributed by atoms with Gasteiger partial charge >= 0.3 is 0 Å². The van der Waals surface area contributed by atoms with Gasteiger partial charge in [-0.15, -0.1) is 0 Å². The Balaban J connectivity index is 1.87. The highest BCUT2D eigenvalue weighted by Gasteiger charge is 2.12. The topological polar surface area (TPSA) is 25.2 Å². The number of aryl methyl sites for hydroxylation is 1. The molecule has 0 aliphatic heterocycles. The Morgan fingerprint density at radius 2 is 1.95 bits per heavy atom. The first-order valence-corrected chi connectivity index (χ1v) is 8.00. The lowest BCUT2D eigenvalue weighted by molar-refractivity contribution is 0.526. The van der Waals surface area contributed by atoms with Crippen LogP contribution in [0.15, 0.2) is 57.4 Å². The molecular formula is C18H18BrNO. The molecule has 1 unspecified atom stereocenters. The number of hydrogen-bond acceptors (Lipinski definition) is 2. The predicted octanol–water partition coefficient (Wildman–Crippen LogP) is 5.93. The second-order valence-corrected chi connectivity index (χ2v) is 6.12. The summed E-state index contributed by atoms with van der Waals surface area (Å²) in [6.45, 7) is 4.29. The number of nitrogens with one attached hydrogen (secondary N) is 1. The van der Waals surface area contributed by atoms with E-state index in [9.17, 15) is 0 Å². The van der Waals surface area contributed by atoms with Crippen LogP contribution in [0.5, 0.6) is 0 Å². The molecule has 3 aromatic rings. The fourth-order valence-corrected chi connectivity index (χ4v) is 2.92. The van der Waals surface area contributed by atoms with E-state index in [0.717, 1.165) is 33.3 Å². The van der Waals surface area contributed by atoms with Gasteiger partial charge in [0, 0.05) is 15.5 Å². The Morgan fingerprint density at radius 3 is 2.71 bits per heavy atom. The number of benzene rings is 2. The molecule has 0 bridgehead atoms. The zero-order valence-corrected chi connectivity index (χ0v) is 13.8. The molecule has 1 aromatic heterocycles. The summed E-state index contributed by atoms with van der Waals surface area (Å²) in [5.41, 5.74) is 3.40. The van der Waals surface area contributed by atoms with Gasteiger partial charge in [-0.2, -0.15) is 0 Å². The molecule has 2 aromatic carbocycles. The van der Waals surface area contributed by atoms with Crippen molar-refractivity contribution in [3.8, 4) is 0 Å². The summed E-state index contributed by atoms with van der Waals surface area (Å²) in [4.78, 5) is 0. The number of halogens is 1. The normalized spacial score (nSPS) is 12.5. The van der Waals surface area contributed by atoms with Crippen LogP contribution in [0.1, 0.15) is 31.2 Å². The number of furan rings is 1. The fourth-order valence-electron chi connectivity index (χ4n) is 2.52. The maximum absolute atomic E-state index is 5.93. The molecule has 0 aliphatic carbocycles. The van der Waals surface area contributed by atoms with E-state index in [1.807, 2.05) is 18.2 Å². The highest BCUT2D eigenvalue weighted by Crippen LogP contribution is 2.28. The van der Waals surface area contributed by atoms with Gasteiger partial charge in [0.15, 0.2) is 0 Å². The van der Waals surface area contributed by atoms with E-state index in [1.165, 1.54) is 5.56 Å². The van der Waals surface area contributed by atoms with Crippen molar-refractivity contribution in [3.05, 3.63) is 64.3 Å². The van der Waals surface area contributed by atoms with Crippen LogP contribution in [0.2, 0.25) is 0 Å². The Hall–Kier alpha value is -1.74. The average molecular weight is 344 g/mol. The van der Waals surface area contributed by atoms with E-state index in [4.69, 9.17) is 4.42 Å². The molecule has 108 valence electrons. The van der Waals surface area contributed by atoms with Crippen molar-refractivity contribution < 1.29 is 4.42 Å². The third-order valence-corrected chi connectivity index (χ3v) is 4.18. The minimum absolute atomic E-state index is 0.129. The van der Waals surface area contributed by atoms with Gasteiger partial charge in [-0.3, -0.25) is 0 Å². The molecule has 0 fully saturated rings. The van der Waals surface area contributed by atoms with Crippen LogP contribution < -0.4 is 5.32 Å². The molecule has 0 saturated heterocycles. The minimum atomic E-state index is 0.129. The van der Waals surface area contributed by atoms with E-state index >= 15 is 0 Å². The standard InChI is InChI=1S/C18H18BrNO/c1-3-13-10-15(19)8-9-16(13)20-12(2)18-11-14-6-4-5-7-17(14)21-18/h4-12,20H,3H2,1-2H3. The minimum Gasteiger partial charge on any atom is -0.459 e. The van der Waals surface area contributed by atoms with Crippen molar-refractivity contribution in [1.82, 2.24) is 0 Å². The van der Waals surface area contributed by atoms with E-state index in [0.29, 0.717) is 0 Å². The molecular weight excluding hydrogens is 326 g/mol. The maximum atomic E-state index is 5.93. The zero-order valence-electron chi connectivity index (χ0n) is 12.2. The van der Waals surface area contributed by atoms with Crippen LogP contribution in [0, 0.1) is 0 Å². The van der Waals surface area contributed by atoms with Crippen molar-refractivity contribution in [2.24, 2.45) is 0 Å². The average Bonchev–Trinajstić information content (AvgIpc) is 2.93. The molecule has 21 heavy (non-hydrogen) atoms. The van der Waals surface area contributed by atoms with E-state index in [-0.39, 0.29) is 6.04 Å². The van der Waals surface area contributed by atoms with E-state index in [2.05, 4.69) is 65.4 Å². The van der Waals surface area contributed by atoms with Crippen LogP contribution in [0.25, 0.3) is 11.0 Å². The summed E-state index contributed by atoms with van der Waals surface area (Å²) >= 11 is 3.53. The lowest BCUT2D eigenvalue weighted by Gasteiger charge is -2.16. The van der Waals surface area contributed by atoms with E-state index in [1.54, 1.807) is 0 Å². The second kappa shape index (κ2) is 5.94. The van der Waals surface area contributed by atoms with Gasteiger partial charge in [0.25, 0.3) is 0 Å². The number of rotatable bonds is 4. The van der Waals surface area contributed by atoms with Gasteiger partial charge < -0.3 is 9.73 Å². The zero-order chi connectivity index (χ0) is 14.8. The summed E-state index contributed by atoms with van der Waals surface area (Å²) in [6.07, 6.45) is 0.995. The number of hydrogen-bond donors (Lipinski definition) is 1. The smallest absolute Gasteiger partial charge is 0.134 e. The number of para-hydroxylation sites is 1. The first-order valence-electron chi connectivity index (χ1n) is 7.21. The predicted molar refractivity (Wildman–Crippen MR) is 91.8 cm³/mol. The van der Waals surface area contributed by atoms with Gasteiger partial charge in [0.2, 0.25) is 0 Å². The van der Waals surface area contributed by atoms with Gasteiger partial charge in [-0.1, -0.05) is 41.1 Å². The monoisotopic (exact) mass is 343 g/mol. The summed E-state index contributed by atoms with van der Waals surface area (Å²) in [5, 5.41) is 4.70. The third kappa shape index (κ3) is 2.98. The lowest BCUT2D eigenvalue weighted by atomic mass is 10.1. The summed E-state index contributed by atoms with van der Waals surface area (Å²) in [6, 6.07) is 16.7. The van der Waals surface area contributed by atoms with Crippen molar-refractivity contribution in [2.45, 2.75) is 26.3 Å². The molecule has 2 nitrogen and oxygen atoms in total. The highest BCUT2D eigenvalue weighted by atomic mass is 79.9. The Labute approximate surface area is 133 Å². The quantitative estimate of drug-likeness (QED) is 0.634. The molecule has 3 rings (SSSR count). The molecule has 0 radical (unpaired) electrons. The van der Waals surface area contributed by atoms with Crippen LogP contribution in [-0.2, 0) is 6.42 Å². The molecule has 0 spiro atoms. The van der Waals surface area contributed by atoms with Gasteiger partial charge in [-0.25, -0.2) is 0 Å². The van der Waals surface area contributed by atoms with Crippen molar-refractivity contribution in [2.75, 3.05) is 5.32 Å². The fraction of sp³-hybridized carbons (Fsp3) is 0.222. The SMILES string of the molecule is CCc1cc(Br)ccc1NC(C)c1cc2ccccc2o1. The Bertz CT molecular complexity index is 730. The van der Waals surface area contributed by atoms with Crippen LogP contribution in [-0.4, -0.2) is 0 Å². The first kappa shape index (κ1) is 14.2. The lowest BCUT2D eigenvalue weighted by Crippen LogP contribution is -2.07. The second-order valence-electron chi connectivity index (χ2n) is 5.21. The molecule has 1 atom stereocenters. The van der Waals surface area contributed by atoms with Gasteiger partial charge in [0.05, 0.1) is 6.04 Å². The molecule has 1 N–H and O–H groups in total. The maximum Gasteiger partial charge on any atom is 0.134 e. The molecule has 1 heterocycles. The number of fused-ring (bicyclic) bond motifs is 1. The van der Waals surface area contributed by atoms with Crippen molar-refractivity contribution in [1.29, 1.82) is 0 Å². The summed E-state index contributed by atoms with van der Waals surface area (Å²) in [7, 11) is 0. The summed E-state index contributed by atoms with van der Waals surface area (Å²) in [5.74, 6) is 0.959. The molecule has 0 amide bonds. The Morgan fingerprint density at radius 1 is 1.14 bits per heavy atom. The van der Waals surface area contributed by atoms with E-state index < -0.39 is 0 Å². The summed E-state index contributed by atoms with van der Waals surface area (Å²) < 4.78 is 7.04. The third-order valence-electron chi connectivity index (χ3n) is 3.69. The van der Waals surface area contributed by atoms with Crippen LogP contribution >= 0.6 is 15.9 Å². The van der Waals surface area contributed by atoms with Crippen molar-refractivity contribution in [3.63, 3.8) is 0 Å². The van der Waals surface area contributed by atoms with Crippen LogP contribution in [0.3, 0.4) is 0 Å².